The second-order valence-electron chi connectivity index (χ2n) is 6.21. The largest absolute Gasteiger partial charge is 0.341 e. The molecule has 2 aliphatic rings. The molecule has 0 unspecified atom stereocenters. The third-order valence-electron chi connectivity index (χ3n) is 4.34. The van der Waals surface area contributed by atoms with Gasteiger partial charge in [0.25, 0.3) is 0 Å². The number of thiophene rings is 1. The van der Waals surface area contributed by atoms with Gasteiger partial charge in [0.05, 0.1) is 5.75 Å². The van der Waals surface area contributed by atoms with Crippen molar-refractivity contribution in [3.8, 4) is 0 Å². The number of hydrogen-bond acceptors (Lipinski definition) is 5. The molecule has 3 rings (SSSR count). The van der Waals surface area contributed by atoms with E-state index in [0.717, 1.165) is 39.1 Å². The lowest BCUT2D eigenvalue weighted by Gasteiger charge is -2.22. The van der Waals surface area contributed by atoms with E-state index in [9.17, 15) is 13.2 Å². The molecule has 1 aromatic rings. The highest BCUT2D eigenvalue weighted by Gasteiger charge is 2.27. The molecule has 7 heteroatoms. The maximum atomic E-state index is 12.4. The standard InChI is InChI=1S/C16H22N2O3S2/c19-16(11-14-4-10-23(20,21)13-14)18-6-2-5-17(7-8-18)12-15-3-1-9-22-15/h1,3-4,9-10,14H,2,5-8,11-13H2/t14-/m1/s1. The Hall–Kier alpha value is -1.18. The van der Waals surface area contributed by atoms with Crippen molar-refractivity contribution in [3.05, 3.63) is 33.9 Å². The van der Waals surface area contributed by atoms with Gasteiger partial charge in [0.2, 0.25) is 5.91 Å². The third-order valence-corrected chi connectivity index (χ3v) is 6.67. The Kier molecular flexibility index (Phi) is 5.18. The molecule has 1 atom stereocenters. The molecule has 0 spiro atoms. The van der Waals surface area contributed by atoms with Crippen LogP contribution in [0.3, 0.4) is 0 Å². The molecule has 0 bridgehead atoms. The highest BCUT2D eigenvalue weighted by Crippen LogP contribution is 2.20. The van der Waals surface area contributed by atoms with Crippen molar-refractivity contribution in [1.29, 1.82) is 0 Å². The zero-order valence-corrected chi connectivity index (χ0v) is 14.7. The molecule has 1 saturated heterocycles. The summed E-state index contributed by atoms with van der Waals surface area (Å²) in [4.78, 5) is 18.1. The lowest BCUT2D eigenvalue weighted by molar-refractivity contribution is -0.131. The highest BCUT2D eigenvalue weighted by molar-refractivity contribution is 7.94. The van der Waals surface area contributed by atoms with Gasteiger partial charge in [-0.3, -0.25) is 9.69 Å². The van der Waals surface area contributed by atoms with Gasteiger partial charge in [-0.2, -0.15) is 0 Å². The Bertz CT molecular complexity index is 668. The summed E-state index contributed by atoms with van der Waals surface area (Å²) in [5.74, 6) is 0.00423. The van der Waals surface area contributed by atoms with Crippen LogP contribution >= 0.6 is 11.3 Å². The van der Waals surface area contributed by atoms with Crippen molar-refractivity contribution in [2.75, 3.05) is 31.9 Å². The predicted molar refractivity (Wildman–Crippen MR) is 91.8 cm³/mol. The summed E-state index contributed by atoms with van der Waals surface area (Å²) in [5, 5.41) is 3.34. The van der Waals surface area contributed by atoms with Gasteiger partial charge in [-0.15, -0.1) is 11.3 Å². The number of rotatable bonds is 4. The molecule has 1 aromatic heterocycles. The topological polar surface area (TPSA) is 57.7 Å². The van der Waals surface area contributed by atoms with E-state index in [1.54, 1.807) is 17.4 Å². The molecule has 0 radical (unpaired) electrons. The van der Waals surface area contributed by atoms with E-state index < -0.39 is 9.84 Å². The van der Waals surface area contributed by atoms with Crippen molar-refractivity contribution < 1.29 is 13.2 Å². The van der Waals surface area contributed by atoms with Gasteiger partial charge in [0.1, 0.15) is 0 Å². The molecule has 1 fully saturated rings. The first kappa shape index (κ1) is 16.7. The Morgan fingerprint density at radius 1 is 1.26 bits per heavy atom. The van der Waals surface area contributed by atoms with E-state index in [4.69, 9.17) is 0 Å². The minimum Gasteiger partial charge on any atom is -0.341 e. The Labute approximate surface area is 141 Å². The molecule has 3 heterocycles. The molecule has 126 valence electrons. The molecule has 0 N–H and O–H groups in total. The fraction of sp³-hybridized carbons (Fsp3) is 0.562. The molecule has 0 saturated carbocycles. The van der Waals surface area contributed by atoms with Crippen LogP contribution in [0.25, 0.3) is 0 Å². The van der Waals surface area contributed by atoms with Crippen LogP contribution in [0.1, 0.15) is 17.7 Å². The summed E-state index contributed by atoms with van der Waals surface area (Å²) < 4.78 is 22.9. The number of allylic oxidation sites excluding steroid dienone is 1. The highest BCUT2D eigenvalue weighted by atomic mass is 32.2. The van der Waals surface area contributed by atoms with E-state index in [2.05, 4.69) is 22.4 Å². The van der Waals surface area contributed by atoms with Gasteiger partial charge >= 0.3 is 0 Å². The predicted octanol–water partition coefficient (Wildman–Crippen LogP) is 1.73. The first-order valence-corrected chi connectivity index (χ1v) is 10.5. The van der Waals surface area contributed by atoms with E-state index >= 15 is 0 Å². The van der Waals surface area contributed by atoms with Crippen LogP contribution in [0.4, 0.5) is 0 Å². The third kappa shape index (κ3) is 4.65. The van der Waals surface area contributed by atoms with Gasteiger partial charge in [0, 0.05) is 55.3 Å². The molecular weight excluding hydrogens is 332 g/mol. The second-order valence-corrected chi connectivity index (χ2v) is 9.18. The first-order chi connectivity index (χ1) is 11.0. The lowest BCUT2D eigenvalue weighted by Crippen LogP contribution is -2.36. The summed E-state index contributed by atoms with van der Waals surface area (Å²) in [6, 6.07) is 4.21. The van der Waals surface area contributed by atoms with Gasteiger partial charge in [-0.1, -0.05) is 12.1 Å². The number of sulfone groups is 1. The number of nitrogens with zero attached hydrogens (tertiary/aromatic N) is 2. The minimum atomic E-state index is -3.08. The summed E-state index contributed by atoms with van der Waals surface area (Å²) in [7, 11) is -3.08. The lowest BCUT2D eigenvalue weighted by atomic mass is 10.1. The van der Waals surface area contributed by atoms with Crippen LogP contribution in [0.5, 0.6) is 0 Å². The van der Waals surface area contributed by atoms with E-state index in [1.165, 1.54) is 10.3 Å². The quantitative estimate of drug-likeness (QED) is 0.826. The normalized spacial score (nSPS) is 24.7. The molecule has 0 aliphatic carbocycles. The maximum Gasteiger partial charge on any atom is 0.223 e. The zero-order valence-electron chi connectivity index (χ0n) is 13.1. The SMILES string of the molecule is O=C(C[C@H]1C=CS(=O)(=O)C1)N1CCCN(Cc2cccs2)CC1. The average molecular weight is 354 g/mol. The Morgan fingerprint density at radius 3 is 2.83 bits per heavy atom. The average Bonchev–Trinajstić information content (AvgIpc) is 3.04. The Balaban J connectivity index is 1.49. The summed E-state index contributed by atoms with van der Waals surface area (Å²) in [6.45, 7) is 4.32. The second kappa shape index (κ2) is 7.15. The van der Waals surface area contributed by atoms with Crippen molar-refractivity contribution in [2.45, 2.75) is 19.4 Å². The Morgan fingerprint density at radius 2 is 2.13 bits per heavy atom. The van der Waals surface area contributed by atoms with Crippen molar-refractivity contribution in [1.82, 2.24) is 9.80 Å². The van der Waals surface area contributed by atoms with Crippen molar-refractivity contribution >= 4 is 27.1 Å². The fourth-order valence-electron chi connectivity index (χ4n) is 3.12. The smallest absolute Gasteiger partial charge is 0.223 e. The van der Waals surface area contributed by atoms with Crippen molar-refractivity contribution in [3.63, 3.8) is 0 Å². The first-order valence-electron chi connectivity index (χ1n) is 7.95. The van der Waals surface area contributed by atoms with Crippen LogP contribution in [0.2, 0.25) is 0 Å². The van der Waals surface area contributed by atoms with Crippen LogP contribution in [-0.2, 0) is 21.2 Å². The summed E-state index contributed by atoms with van der Waals surface area (Å²) in [5.41, 5.74) is 0. The summed E-state index contributed by atoms with van der Waals surface area (Å²) >= 11 is 1.76. The molecule has 5 nitrogen and oxygen atoms in total. The van der Waals surface area contributed by atoms with Gasteiger partial charge < -0.3 is 4.90 Å². The molecule has 0 aromatic carbocycles. The van der Waals surface area contributed by atoms with Crippen LogP contribution < -0.4 is 0 Å². The van der Waals surface area contributed by atoms with Gasteiger partial charge in [0.15, 0.2) is 9.84 Å². The van der Waals surface area contributed by atoms with E-state index in [1.807, 2.05) is 4.90 Å². The van der Waals surface area contributed by atoms with E-state index in [0.29, 0.717) is 6.42 Å². The zero-order chi connectivity index (χ0) is 16.3. The summed E-state index contributed by atoms with van der Waals surface area (Å²) in [6.07, 6.45) is 2.94. The number of carbonyl (C=O) groups is 1. The van der Waals surface area contributed by atoms with E-state index in [-0.39, 0.29) is 17.6 Å². The minimum absolute atomic E-state index is 0.0784. The fourth-order valence-corrected chi connectivity index (χ4v) is 5.27. The maximum absolute atomic E-state index is 12.4. The number of hydrogen-bond donors (Lipinski definition) is 0. The molecule has 2 aliphatic heterocycles. The van der Waals surface area contributed by atoms with Crippen LogP contribution in [-0.4, -0.2) is 56.1 Å². The molecular formula is C16H22N2O3S2. The molecule has 23 heavy (non-hydrogen) atoms. The van der Waals surface area contributed by atoms with Crippen LogP contribution in [0.15, 0.2) is 29.0 Å². The van der Waals surface area contributed by atoms with Gasteiger partial charge in [-0.05, 0) is 17.9 Å². The number of carbonyl (C=O) groups excluding carboxylic acids is 1. The molecule has 1 amide bonds. The van der Waals surface area contributed by atoms with Gasteiger partial charge in [-0.25, -0.2) is 8.42 Å². The number of amides is 1. The van der Waals surface area contributed by atoms with Crippen molar-refractivity contribution in [2.24, 2.45) is 5.92 Å². The van der Waals surface area contributed by atoms with Crippen LogP contribution in [0, 0.1) is 5.92 Å². The monoisotopic (exact) mass is 354 g/mol.